The number of hydrogen-bond donors (Lipinski definition) is 3. The molecule has 0 bridgehead atoms. The number of nitrogens with two attached hydrogens (primary N) is 1. The van der Waals surface area contributed by atoms with Crippen molar-refractivity contribution in [2.24, 2.45) is 16.3 Å². The Morgan fingerprint density at radius 2 is 2.33 bits per heavy atom. The van der Waals surface area contributed by atoms with Crippen LogP contribution in [0.1, 0.15) is 19.3 Å². The highest BCUT2D eigenvalue weighted by Gasteiger charge is 2.48. The van der Waals surface area contributed by atoms with Crippen LogP contribution in [0.25, 0.3) is 0 Å². The molecule has 0 radical (unpaired) electrons. The van der Waals surface area contributed by atoms with Gasteiger partial charge in [-0.25, -0.2) is 0 Å². The zero-order chi connectivity index (χ0) is 11.3. The lowest BCUT2D eigenvalue weighted by Gasteiger charge is -2.38. The predicted octanol–water partition coefficient (Wildman–Crippen LogP) is -0.334. The van der Waals surface area contributed by atoms with Gasteiger partial charge in [0, 0.05) is 13.7 Å². The molecule has 0 aromatic carbocycles. The number of methoxy groups -OCH3 is 1. The molecule has 1 amide bonds. The van der Waals surface area contributed by atoms with E-state index in [1.165, 1.54) is 0 Å². The van der Waals surface area contributed by atoms with E-state index in [0.29, 0.717) is 26.0 Å². The molecule has 0 spiro atoms. The molecule has 0 heterocycles. The van der Waals surface area contributed by atoms with Gasteiger partial charge in [-0.2, -0.15) is 0 Å². The van der Waals surface area contributed by atoms with E-state index < -0.39 is 5.41 Å². The molecule has 1 aliphatic rings. The summed E-state index contributed by atoms with van der Waals surface area (Å²) in [6.45, 7) is 0.897. The van der Waals surface area contributed by atoms with Gasteiger partial charge in [0.15, 0.2) is 5.84 Å². The monoisotopic (exact) mass is 215 g/mol. The lowest BCUT2D eigenvalue weighted by atomic mass is 9.67. The van der Waals surface area contributed by atoms with Gasteiger partial charge >= 0.3 is 0 Å². The second-order valence-electron chi connectivity index (χ2n) is 3.67. The van der Waals surface area contributed by atoms with Crippen molar-refractivity contribution in [2.45, 2.75) is 19.3 Å². The summed E-state index contributed by atoms with van der Waals surface area (Å²) in [6, 6.07) is 0. The molecule has 1 fully saturated rings. The fourth-order valence-electron chi connectivity index (χ4n) is 1.66. The standard InChI is InChI=1S/C9H17N3O3/c1-15-6-5-11-8(13)9(3-2-4-9)7(10)12-14/h14H,2-6H2,1H3,(H2,10,12)(H,11,13). The topological polar surface area (TPSA) is 96.9 Å². The molecule has 0 unspecified atom stereocenters. The van der Waals surface area contributed by atoms with Gasteiger partial charge in [-0.15, -0.1) is 0 Å². The number of oxime groups is 1. The van der Waals surface area contributed by atoms with Crippen molar-refractivity contribution in [1.82, 2.24) is 5.32 Å². The summed E-state index contributed by atoms with van der Waals surface area (Å²) in [4.78, 5) is 11.8. The van der Waals surface area contributed by atoms with Crippen LogP contribution in [-0.2, 0) is 9.53 Å². The van der Waals surface area contributed by atoms with Crippen molar-refractivity contribution in [3.63, 3.8) is 0 Å². The molecule has 15 heavy (non-hydrogen) atoms. The maximum absolute atomic E-state index is 11.8. The molecule has 0 saturated heterocycles. The Hall–Kier alpha value is -1.30. The highest BCUT2D eigenvalue weighted by molar-refractivity contribution is 6.07. The smallest absolute Gasteiger partial charge is 0.234 e. The Bertz CT molecular complexity index is 261. The largest absolute Gasteiger partial charge is 0.409 e. The minimum atomic E-state index is -0.789. The Kier molecular flexibility index (Phi) is 3.90. The van der Waals surface area contributed by atoms with Crippen molar-refractivity contribution in [2.75, 3.05) is 20.3 Å². The van der Waals surface area contributed by atoms with Crippen LogP contribution in [0.15, 0.2) is 5.16 Å². The van der Waals surface area contributed by atoms with E-state index >= 15 is 0 Å². The van der Waals surface area contributed by atoms with Gasteiger partial charge in [0.1, 0.15) is 5.41 Å². The predicted molar refractivity (Wildman–Crippen MR) is 54.6 cm³/mol. The van der Waals surface area contributed by atoms with Gasteiger partial charge in [-0.3, -0.25) is 4.79 Å². The van der Waals surface area contributed by atoms with Crippen LogP contribution in [0, 0.1) is 5.41 Å². The number of amides is 1. The highest BCUT2D eigenvalue weighted by atomic mass is 16.5. The number of amidine groups is 1. The van der Waals surface area contributed by atoms with Gasteiger partial charge in [0.2, 0.25) is 5.91 Å². The van der Waals surface area contributed by atoms with E-state index in [9.17, 15) is 4.79 Å². The third-order valence-corrected chi connectivity index (χ3v) is 2.83. The average Bonchev–Trinajstić information content (AvgIpc) is 2.16. The molecule has 0 aromatic heterocycles. The number of rotatable bonds is 5. The Balaban J connectivity index is 2.55. The highest BCUT2D eigenvalue weighted by Crippen LogP contribution is 2.41. The van der Waals surface area contributed by atoms with Crippen molar-refractivity contribution >= 4 is 11.7 Å². The summed E-state index contributed by atoms with van der Waals surface area (Å²) in [5.74, 6) is -0.176. The normalized spacial score (nSPS) is 19.4. The summed E-state index contributed by atoms with van der Waals surface area (Å²) in [6.07, 6.45) is 2.21. The number of nitrogens with zero attached hydrogens (tertiary/aromatic N) is 1. The molecule has 0 aliphatic heterocycles. The van der Waals surface area contributed by atoms with E-state index in [4.69, 9.17) is 15.7 Å². The van der Waals surface area contributed by atoms with Crippen molar-refractivity contribution in [3.8, 4) is 0 Å². The fraction of sp³-hybridized carbons (Fsp3) is 0.778. The molecule has 0 aromatic rings. The molecule has 0 atom stereocenters. The van der Waals surface area contributed by atoms with Gasteiger partial charge in [0.05, 0.1) is 6.61 Å². The minimum Gasteiger partial charge on any atom is -0.409 e. The molecule has 6 nitrogen and oxygen atoms in total. The molecule has 1 saturated carbocycles. The maximum Gasteiger partial charge on any atom is 0.234 e. The van der Waals surface area contributed by atoms with E-state index in [2.05, 4.69) is 10.5 Å². The lowest BCUT2D eigenvalue weighted by Crippen LogP contribution is -2.54. The van der Waals surface area contributed by atoms with Crippen molar-refractivity contribution in [3.05, 3.63) is 0 Å². The summed E-state index contributed by atoms with van der Waals surface area (Å²) >= 11 is 0. The first-order valence-electron chi connectivity index (χ1n) is 4.92. The van der Waals surface area contributed by atoms with Crippen LogP contribution < -0.4 is 11.1 Å². The molecule has 4 N–H and O–H groups in total. The molecule has 1 aliphatic carbocycles. The third-order valence-electron chi connectivity index (χ3n) is 2.83. The first kappa shape index (κ1) is 11.8. The third kappa shape index (κ3) is 2.20. The van der Waals surface area contributed by atoms with Crippen LogP contribution in [0.5, 0.6) is 0 Å². The summed E-state index contributed by atoms with van der Waals surface area (Å²) in [7, 11) is 1.56. The second-order valence-corrected chi connectivity index (χ2v) is 3.67. The molecule has 1 rings (SSSR count). The van der Waals surface area contributed by atoms with Crippen molar-refractivity contribution < 1.29 is 14.7 Å². The van der Waals surface area contributed by atoms with E-state index in [1.807, 2.05) is 0 Å². The Morgan fingerprint density at radius 3 is 2.73 bits per heavy atom. The second kappa shape index (κ2) is 4.97. The first-order chi connectivity index (χ1) is 7.17. The SMILES string of the molecule is COCCNC(=O)C1(C(N)=NO)CCC1. The van der Waals surface area contributed by atoms with Crippen LogP contribution in [0.4, 0.5) is 0 Å². The number of carbonyl (C=O) groups excluding carboxylic acids is 1. The van der Waals surface area contributed by atoms with E-state index in [0.717, 1.165) is 6.42 Å². The van der Waals surface area contributed by atoms with Crippen LogP contribution in [0.2, 0.25) is 0 Å². The van der Waals surface area contributed by atoms with Crippen LogP contribution in [-0.4, -0.2) is 37.2 Å². The summed E-state index contributed by atoms with van der Waals surface area (Å²) in [5.41, 5.74) is 4.74. The minimum absolute atomic E-state index is 0.00340. The number of carbonyl (C=O) groups is 1. The molecule has 86 valence electrons. The summed E-state index contributed by atoms with van der Waals surface area (Å²) in [5, 5.41) is 14.3. The zero-order valence-corrected chi connectivity index (χ0v) is 8.82. The van der Waals surface area contributed by atoms with Gasteiger partial charge in [-0.1, -0.05) is 11.6 Å². The van der Waals surface area contributed by atoms with Gasteiger partial charge in [0.25, 0.3) is 0 Å². The zero-order valence-electron chi connectivity index (χ0n) is 8.82. The quantitative estimate of drug-likeness (QED) is 0.192. The number of ether oxygens (including phenoxy) is 1. The van der Waals surface area contributed by atoms with Gasteiger partial charge < -0.3 is 21.0 Å². The van der Waals surface area contributed by atoms with Crippen LogP contribution >= 0.6 is 0 Å². The molecule has 6 heteroatoms. The van der Waals surface area contributed by atoms with E-state index in [1.54, 1.807) is 7.11 Å². The fourth-order valence-corrected chi connectivity index (χ4v) is 1.66. The lowest BCUT2D eigenvalue weighted by molar-refractivity contribution is -0.131. The van der Waals surface area contributed by atoms with Gasteiger partial charge in [-0.05, 0) is 12.8 Å². The van der Waals surface area contributed by atoms with Crippen LogP contribution in [0.3, 0.4) is 0 Å². The Labute approximate surface area is 88.5 Å². The molecular weight excluding hydrogens is 198 g/mol. The average molecular weight is 215 g/mol. The maximum atomic E-state index is 11.8. The number of hydrogen-bond acceptors (Lipinski definition) is 4. The van der Waals surface area contributed by atoms with Crippen molar-refractivity contribution in [1.29, 1.82) is 0 Å². The van der Waals surface area contributed by atoms with E-state index in [-0.39, 0.29) is 11.7 Å². The Morgan fingerprint density at radius 1 is 1.67 bits per heavy atom. The number of nitrogens with one attached hydrogen (secondary N) is 1. The first-order valence-corrected chi connectivity index (χ1v) is 4.92. The summed E-state index contributed by atoms with van der Waals surface area (Å²) < 4.78 is 4.82. The molecular formula is C9H17N3O3.